The molecule has 2 rings (SSSR count). The largest absolute Gasteiger partial charge is 0.476 e. The van der Waals surface area contributed by atoms with Crippen molar-refractivity contribution in [2.75, 3.05) is 0 Å². The van der Waals surface area contributed by atoms with E-state index < -0.39 is 5.97 Å². The summed E-state index contributed by atoms with van der Waals surface area (Å²) in [6.07, 6.45) is 0. The van der Waals surface area contributed by atoms with Crippen molar-refractivity contribution < 1.29 is 14.3 Å². The fraction of sp³-hybridized carbons (Fsp3) is 0.0909. The molecule has 0 atom stereocenters. The molecule has 0 radical (unpaired) electrons. The molecule has 17 heavy (non-hydrogen) atoms. The Labute approximate surface area is 109 Å². The summed E-state index contributed by atoms with van der Waals surface area (Å²) in [7, 11) is 0. The lowest BCUT2D eigenvalue weighted by molar-refractivity contribution is 0.0690. The number of hydrogen-bond acceptors (Lipinski definition) is 3. The number of rotatable bonds is 2. The fourth-order valence-corrected chi connectivity index (χ4v) is 2.99. The predicted octanol–water partition coefficient (Wildman–Crippen LogP) is 3.72. The number of aryl methyl sites for hydroxylation is 1. The highest BCUT2D eigenvalue weighted by Crippen LogP contribution is 2.33. The number of thiazole rings is 1. The van der Waals surface area contributed by atoms with Gasteiger partial charge in [-0.1, -0.05) is 0 Å². The van der Waals surface area contributed by atoms with Gasteiger partial charge < -0.3 is 5.11 Å². The number of carbonyl (C=O) groups is 1. The molecule has 1 heterocycles. The van der Waals surface area contributed by atoms with Gasteiger partial charge in [-0.25, -0.2) is 14.2 Å². The fourth-order valence-electron chi connectivity index (χ4n) is 1.37. The molecule has 0 aliphatic carbocycles. The number of aromatic nitrogens is 1. The number of carboxylic acid groups (broad SMARTS) is 1. The van der Waals surface area contributed by atoms with Gasteiger partial charge in [0.1, 0.15) is 10.8 Å². The SMILES string of the molecule is Cc1sc(-c2ccc(F)cc2Br)nc1C(=O)O. The van der Waals surface area contributed by atoms with Gasteiger partial charge >= 0.3 is 5.97 Å². The van der Waals surface area contributed by atoms with E-state index in [0.717, 1.165) is 0 Å². The van der Waals surface area contributed by atoms with Crippen LogP contribution in [0.4, 0.5) is 4.39 Å². The van der Waals surface area contributed by atoms with Gasteiger partial charge in [-0.15, -0.1) is 11.3 Å². The van der Waals surface area contributed by atoms with E-state index in [1.54, 1.807) is 13.0 Å². The van der Waals surface area contributed by atoms with Crippen LogP contribution in [-0.2, 0) is 0 Å². The van der Waals surface area contributed by atoms with Crippen LogP contribution >= 0.6 is 27.3 Å². The van der Waals surface area contributed by atoms with Gasteiger partial charge in [-0.2, -0.15) is 0 Å². The molecule has 0 saturated carbocycles. The smallest absolute Gasteiger partial charge is 0.355 e. The van der Waals surface area contributed by atoms with Gasteiger partial charge in [0, 0.05) is 14.9 Å². The summed E-state index contributed by atoms with van der Waals surface area (Å²) in [4.78, 5) is 15.5. The quantitative estimate of drug-likeness (QED) is 0.919. The van der Waals surface area contributed by atoms with E-state index in [4.69, 9.17) is 5.11 Å². The molecule has 1 N–H and O–H groups in total. The summed E-state index contributed by atoms with van der Waals surface area (Å²) in [6.45, 7) is 1.70. The highest BCUT2D eigenvalue weighted by molar-refractivity contribution is 9.10. The van der Waals surface area contributed by atoms with Gasteiger partial charge in [0.15, 0.2) is 5.69 Å². The molecular formula is C11H7BrFNO2S. The number of nitrogens with zero attached hydrogens (tertiary/aromatic N) is 1. The first-order chi connectivity index (χ1) is 7.99. The van der Waals surface area contributed by atoms with Crippen LogP contribution in [0.1, 0.15) is 15.4 Å². The van der Waals surface area contributed by atoms with Crippen molar-refractivity contribution in [1.82, 2.24) is 4.98 Å². The van der Waals surface area contributed by atoms with Gasteiger partial charge in [0.05, 0.1) is 0 Å². The molecule has 0 aliphatic heterocycles. The zero-order chi connectivity index (χ0) is 12.6. The molecule has 1 aromatic heterocycles. The summed E-state index contributed by atoms with van der Waals surface area (Å²) in [5, 5.41) is 9.47. The van der Waals surface area contributed by atoms with Crippen LogP contribution in [0.2, 0.25) is 0 Å². The average molecular weight is 316 g/mol. The van der Waals surface area contributed by atoms with Crippen molar-refractivity contribution in [2.24, 2.45) is 0 Å². The number of carboxylic acids is 1. The molecule has 0 bridgehead atoms. The summed E-state index contributed by atoms with van der Waals surface area (Å²) >= 11 is 4.51. The first kappa shape index (κ1) is 12.2. The van der Waals surface area contributed by atoms with Crippen molar-refractivity contribution in [3.05, 3.63) is 39.1 Å². The second kappa shape index (κ2) is 4.54. The molecule has 0 unspecified atom stereocenters. The summed E-state index contributed by atoms with van der Waals surface area (Å²) in [5.74, 6) is -1.41. The van der Waals surface area contributed by atoms with Crippen LogP contribution in [0.15, 0.2) is 22.7 Å². The molecule has 0 fully saturated rings. The van der Waals surface area contributed by atoms with Crippen LogP contribution in [0.25, 0.3) is 10.6 Å². The minimum absolute atomic E-state index is 0.0428. The Morgan fingerprint density at radius 2 is 2.24 bits per heavy atom. The topological polar surface area (TPSA) is 50.2 Å². The van der Waals surface area contributed by atoms with Gasteiger partial charge in [0.25, 0.3) is 0 Å². The Balaban J connectivity index is 2.53. The third-order valence-electron chi connectivity index (χ3n) is 2.16. The summed E-state index contributed by atoms with van der Waals surface area (Å²) in [6, 6.07) is 4.22. The molecule has 0 amide bonds. The van der Waals surface area contributed by atoms with E-state index in [1.165, 1.54) is 23.5 Å². The number of aromatic carboxylic acids is 1. The average Bonchev–Trinajstić information content (AvgIpc) is 2.60. The Hall–Kier alpha value is -1.27. The number of halogens is 2. The zero-order valence-electron chi connectivity index (χ0n) is 8.70. The molecule has 6 heteroatoms. The second-order valence-corrected chi connectivity index (χ2v) is 5.41. The monoisotopic (exact) mass is 315 g/mol. The molecule has 0 saturated heterocycles. The molecule has 1 aromatic carbocycles. The molecule has 3 nitrogen and oxygen atoms in total. The van der Waals surface area contributed by atoms with E-state index in [1.807, 2.05) is 0 Å². The van der Waals surface area contributed by atoms with Crippen molar-refractivity contribution in [2.45, 2.75) is 6.92 Å². The maximum Gasteiger partial charge on any atom is 0.355 e. The van der Waals surface area contributed by atoms with Crippen molar-refractivity contribution in [3.8, 4) is 10.6 Å². The Kier molecular flexibility index (Phi) is 3.26. The second-order valence-electron chi connectivity index (χ2n) is 3.35. The van der Waals surface area contributed by atoms with E-state index in [0.29, 0.717) is 19.9 Å². The Morgan fingerprint density at radius 3 is 2.76 bits per heavy atom. The minimum Gasteiger partial charge on any atom is -0.476 e. The van der Waals surface area contributed by atoms with Crippen LogP contribution in [0.5, 0.6) is 0 Å². The van der Waals surface area contributed by atoms with E-state index >= 15 is 0 Å². The Morgan fingerprint density at radius 1 is 1.53 bits per heavy atom. The summed E-state index contributed by atoms with van der Waals surface area (Å²) in [5.41, 5.74) is 0.730. The lowest BCUT2D eigenvalue weighted by Crippen LogP contribution is -1.98. The lowest BCUT2D eigenvalue weighted by atomic mass is 10.2. The predicted molar refractivity (Wildman–Crippen MR) is 66.9 cm³/mol. The van der Waals surface area contributed by atoms with Crippen molar-refractivity contribution in [3.63, 3.8) is 0 Å². The number of hydrogen-bond donors (Lipinski definition) is 1. The molecular weight excluding hydrogens is 309 g/mol. The van der Waals surface area contributed by atoms with Crippen LogP contribution in [-0.4, -0.2) is 16.1 Å². The summed E-state index contributed by atoms with van der Waals surface area (Å²) < 4.78 is 13.5. The maximum atomic E-state index is 12.9. The third-order valence-corrected chi connectivity index (χ3v) is 3.82. The molecule has 2 aromatic rings. The van der Waals surface area contributed by atoms with Gasteiger partial charge in [0.2, 0.25) is 0 Å². The molecule has 0 spiro atoms. The van der Waals surface area contributed by atoms with E-state index in [-0.39, 0.29) is 11.5 Å². The van der Waals surface area contributed by atoms with Gasteiger partial charge in [-0.3, -0.25) is 0 Å². The third kappa shape index (κ3) is 2.37. The van der Waals surface area contributed by atoms with Crippen LogP contribution in [0.3, 0.4) is 0 Å². The molecule has 0 aliphatic rings. The highest BCUT2D eigenvalue weighted by atomic mass is 79.9. The van der Waals surface area contributed by atoms with Crippen molar-refractivity contribution >= 4 is 33.2 Å². The maximum absolute atomic E-state index is 12.9. The lowest BCUT2D eigenvalue weighted by Gasteiger charge is -1.99. The van der Waals surface area contributed by atoms with E-state index in [2.05, 4.69) is 20.9 Å². The zero-order valence-corrected chi connectivity index (χ0v) is 11.1. The van der Waals surface area contributed by atoms with Crippen molar-refractivity contribution in [1.29, 1.82) is 0 Å². The first-order valence-corrected chi connectivity index (χ1v) is 6.26. The Bertz CT molecular complexity index is 597. The highest BCUT2D eigenvalue weighted by Gasteiger charge is 2.16. The standard InChI is InChI=1S/C11H7BrFNO2S/c1-5-9(11(15)16)14-10(17-5)7-3-2-6(13)4-8(7)12/h2-4H,1H3,(H,15,16). The molecule has 88 valence electrons. The van der Waals surface area contributed by atoms with Gasteiger partial charge in [-0.05, 0) is 41.1 Å². The number of benzene rings is 1. The minimum atomic E-state index is -1.05. The van der Waals surface area contributed by atoms with Crippen LogP contribution in [0, 0.1) is 12.7 Å². The van der Waals surface area contributed by atoms with E-state index in [9.17, 15) is 9.18 Å². The first-order valence-electron chi connectivity index (χ1n) is 4.65. The van der Waals surface area contributed by atoms with Crippen LogP contribution < -0.4 is 0 Å². The normalized spacial score (nSPS) is 10.5.